The number of likely N-dealkylation sites (tertiary alicyclic amines) is 1. The quantitative estimate of drug-likeness (QED) is 0.333. The van der Waals surface area contributed by atoms with Crippen molar-refractivity contribution in [2.45, 2.75) is 76.0 Å². The van der Waals surface area contributed by atoms with Gasteiger partial charge in [0.15, 0.2) is 15.5 Å². The van der Waals surface area contributed by atoms with Gasteiger partial charge >= 0.3 is 6.09 Å². The Kier molecular flexibility index (Phi) is 7.50. The number of rotatable bonds is 6. The standard InChI is InChI=1S/C30H36N6O4S/c1-19-11-13-22(35(19)29(37)40-30(2,3)4)14-16-25-26(41(5,38)39)27(31)36-28(34-25)23(18-33-36)21-12-15-24(32-17-21)20-9-7-6-8-10-20/h6-10,12,15,17-19,22H,11,13-14,16,31H2,1-5H3. The number of hydrogen-bond donors (Lipinski definition) is 1. The second-order valence-electron chi connectivity index (χ2n) is 11.6. The van der Waals surface area contributed by atoms with Crippen LogP contribution in [0.15, 0.2) is 59.8 Å². The molecule has 1 saturated heterocycles. The first-order valence-corrected chi connectivity index (χ1v) is 15.6. The highest BCUT2D eigenvalue weighted by molar-refractivity contribution is 7.91. The number of carbonyl (C=O) groups is 1. The average molecular weight is 577 g/mol. The van der Waals surface area contributed by atoms with Gasteiger partial charge in [-0.1, -0.05) is 36.4 Å². The highest BCUT2D eigenvalue weighted by Crippen LogP contribution is 2.33. The lowest BCUT2D eigenvalue weighted by Gasteiger charge is -2.31. The number of anilines is 1. The van der Waals surface area contributed by atoms with E-state index >= 15 is 0 Å². The molecule has 0 aliphatic carbocycles. The fourth-order valence-electron chi connectivity index (χ4n) is 5.46. The molecule has 1 aromatic carbocycles. The Labute approximate surface area is 240 Å². The van der Waals surface area contributed by atoms with Crippen LogP contribution in [0.5, 0.6) is 0 Å². The molecular formula is C30H36N6O4S. The Bertz CT molecular complexity index is 1680. The number of fused-ring (bicyclic) bond motifs is 1. The number of nitrogens with zero attached hydrogens (tertiary/aromatic N) is 5. The predicted octanol–water partition coefficient (Wildman–Crippen LogP) is 5.16. The van der Waals surface area contributed by atoms with Crippen LogP contribution >= 0.6 is 0 Å². The molecule has 0 bridgehead atoms. The first-order valence-electron chi connectivity index (χ1n) is 13.7. The molecule has 2 atom stereocenters. The highest BCUT2D eigenvalue weighted by Gasteiger charge is 2.37. The van der Waals surface area contributed by atoms with Gasteiger partial charge in [0.1, 0.15) is 16.3 Å². The maximum atomic E-state index is 13.0. The van der Waals surface area contributed by atoms with Crippen molar-refractivity contribution in [3.8, 4) is 22.4 Å². The van der Waals surface area contributed by atoms with Crippen molar-refractivity contribution in [1.82, 2.24) is 24.5 Å². The molecule has 2 N–H and O–H groups in total. The summed E-state index contributed by atoms with van der Waals surface area (Å²) in [4.78, 5) is 24.1. The third kappa shape index (κ3) is 5.90. The van der Waals surface area contributed by atoms with E-state index in [1.807, 2.05) is 70.2 Å². The molecule has 1 fully saturated rings. The minimum absolute atomic E-state index is 0.0106. The minimum atomic E-state index is -3.72. The van der Waals surface area contributed by atoms with Crippen LogP contribution in [0.2, 0.25) is 0 Å². The van der Waals surface area contributed by atoms with Gasteiger partial charge in [0.25, 0.3) is 0 Å². The van der Waals surface area contributed by atoms with Crippen LogP contribution < -0.4 is 5.73 Å². The number of amides is 1. The lowest BCUT2D eigenvalue weighted by atomic mass is 10.1. The Hall–Kier alpha value is -3.99. The van der Waals surface area contributed by atoms with Crippen LogP contribution in [-0.2, 0) is 21.0 Å². The van der Waals surface area contributed by atoms with Gasteiger partial charge in [-0.3, -0.25) is 4.98 Å². The van der Waals surface area contributed by atoms with E-state index in [2.05, 4.69) is 10.1 Å². The van der Waals surface area contributed by atoms with Gasteiger partial charge in [0, 0.05) is 41.2 Å². The van der Waals surface area contributed by atoms with Crippen molar-refractivity contribution >= 4 is 27.4 Å². The summed E-state index contributed by atoms with van der Waals surface area (Å²) >= 11 is 0. The SMILES string of the molecule is CC1CCC(CCc2nc3c(-c4ccc(-c5ccccc5)nc4)cnn3c(N)c2S(C)(=O)=O)N1C(=O)OC(C)(C)C. The van der Waals surface area contributed by atoms with Crippen molar-refractivity contribution < 1.29 is 17.9 Å². The second kappa shape index (κ2) is 10.8. The summed E-state index contributed by atoms with van der Waals surface area (Å²) in [6, 6.07) is 13.6. The molecule has 0 radical (unpaired) electrons. The Morgan fingerprint density at radius 1 is 1.07 bits per heavy atom. The molecule has 3 aromatic heterocycles. The summed E-state index contributed by atoms with van der Waals surface area (Å²) in [5.41, 5.74) is 9.93. The summed E-state index contributed by atoms with van der Waals surface area (Å²) in [6.07, 6.45) is 6.61. The van der Waals surface area contributed by atoms with Crippen LogP contribution in [0.4, 0.5) is 10.6 Å². The number of nitrogens with two attached hydrogens (primary N) is 1. The predicted molar refractivity (Wildman–Crippen MR) is 158 cm³/mol. The number of aromatic nitrogens is 4. The largest absolute Gasteiger partial charge is 0.444 e. The molecule has 4 heterocycles. The molecule has 4 aromatic rings. The maximum Gasteiger partial charge on any atom is 0.410 e. The zero-order valence-electron chi connectivity index (χ0n) is 24.0. The molecule has 1 amide bonds. The van der Waals surface area contributed by atoms with Gasteiger partial charge in [-0.05, 0) is 59.4 Å². The van der Waals surface area contributed by atoms with Gasteiger partial charge in [-0.25, -0.2) is 18.2 Å². The number of ether oxygens (including phenoxy) is 1. The first kappa shape index (κ1) is 28.5. The smallest absolute Gasteiger partial charge is 0.410 e. The fraction of sp³-hybridized carbons (Fsp3) is 0.400. The van der Waals surface area contributed by atoms with E-state index in [-0.39, 0.29) is 28.9 Å². The molecular weight excluding hydrogens is 540 g/mol. The number of benzene rings is 1. The summed E-state index contributed by atoms with van der Waals surface area (Å²) < 4.78 is 32.8. The molecule has 0 spiro atoms. The van der Waals surface area contributed by atoms with E-state index in [4.69, 9.17) is 15.5 Å². The number of aryl methyl sites for hydroxylation is 1. The second-order valence-corrected chi connectivity index (χ2v) is 13.6. The van der Waals surface area contributed by atoms with Crippen molar-refractivity contribution in [2.75, 3.05) is 12.0 Å². The monoisotopic (exact) mass is 576 g/mol. The number of nitrogen functional groups attached to an aromatic ring is 1. The van der Waals surface area contributed by atoms with E-state index in [0.29, 0.717) is 29.7 Å². The van der Waals surface area contributed by atoms with Crippen LogP contribution in [0, 0.1) is 0 Å². The molecule has 2 unspecified atom stereocenters. The molecule has 11 heteroatoms. The van der Waals surface area contributed by atoms with E-state index in [1.54, 1.807) is 17.3 Å². The number of carbonyl (C=O) groups excluding carboxylic acids is 1. The Balaban J connectivity index is 1.49. The topological polar surface area (TPSA) is 133 Å². The molecule has 0 saturated carbocycles. The Morgan fingerprint density at radius 3 is 2.44 bits per heavy atom. The molecule has 5 rings (SSSR count). The third-order valence-corrected chi connectivity index (χ3v) is 8.51. The van der Waals surface area contributed by atoms with E-state index in [9.17, 15) is 13.2 Å². The lowest BCUT2D eigenvalue weighted by molar-refractivity contribution is 0.0153. The molecule has 1 aliphatic heterocycles. The normalized spacial score (nSPS) is 17.7. The van der Waals surface area contributed by atoms with Crippen molar-refractivity contribution in [3.63, 3.8) is 0 Å². The van der Waals surface area contributed by atoms with Gasteiger partial charge in [-0.2, -0.15) is 9.61 Å². The third-order valence-electron chi connectivity index (χ3n) is 7.33. The van der Waals surface area contributed by atoms with Gasteiger partial charge in [0.05, 0.1) is 17.6 Å². The summed E-state index contributed by atoms with van der Waals surface area (Å²) in [5, 5.41) is 4.37. The van der Waals surface area contributed by atoms with Gasteiger partial charge in [0.2, 0.25) is 0 Å². The number of hydrogen-bond acceptors (Lipinski definition) is 8. The Morgan fingerprint density at radius 2 is 1.80 bits per heavy atom. The molecule has 10 nitrogen and oxygen atoms in total. The first-order chi connectivity index (χ1) is 19.3. The summed E-state index contributed by atoms with van der Waals surface area (Å²) in [6.45, 7) is 7.53. The summed E-state index contributed by atoms with van der Waals surface area (Å²) in [5.74, 6) is 0.0106. The maximum absolute atomic E-state index is 13.0. The average Bonchev–Trinajstić information content (AvgIpc) is 3.50. The van der Waals surface area contributed by atoms with Crippen molar-refractivity contribution in [3.05, 3.63) is 60.6 Å². The van der Waals surface area contributed by atoms with Crippen LogP contribution in [0.25, 0.3) is 28.0 Å². The summed E-state index contributed by atoms with van der Waals surface area (Å²) in [7, 11) is -3.72. The van der Waals surface area contributed by atoms with Crippen LogP contribution in [0.1, 0.15) is 52.7 Å². The van der Waals surface area contributed by atoms with E-state index < -0.39 is 15.4 Å². The molecule has 41 heavy (non-hydrogen) atoms. The van der Waals surface area contributed by atoms with Gasteiger partial charge in [-0.15, -0.1) is 0 Å². The van der Waals surface area contributed by atoms with Crippen LogP contribution in [0.3, 0.4) is 0 Å². The van der Waals surface area contributed by atoms with Crippen molar-refractivity contribution in [2.24, 2.45) is 0 Å². The zero-order valence-corrected chi connectivity index (χ0v) is 24.9. The molecule has 1 aliphatic rings. The molecule has 216 valence electrons. The highest BCUT2D eigenvalue weighted by atomic mass is 32.2. The van der Waals surface area contributed by atoms with E-state index in [1.165, 1.54) is 4.52 Å². The number of sulfone groups is 1. The van der Waals surface area contributed by atoms with E-state index in [0.717, 1.165) is 35.9 Å². The van der Waals surface area contributed by atoms with Crippen molar-refractivity contribution in [1.29, 1.82) is 0 Å². The number of pyridine rings is 1. The lowest BCUT2D eigenvalue weighted by Crippen LogP contribution is -2.43. The van der Waals surface area contributed by atoms with Gasteiger partial charge < -0.3 is 15.4 Å². The van der Waals surface area contributed by atoms with Crippen LogP contribution in [-0.4, -0.2) is 62.9 Å². The minimum Gasteiger partial charge on any atom is -0.444 e. The fourth-order valence-corrected chi connectivity index (χ4v) is 6.50. The zero-order chi connectivity index (χ0) is 29.5.